The van der Waals surface area contributed by atoms with Crippen molar-refractivity contribution in [2.45, 2.75) is 89.7 Å². The third-order valence-corrected chi connectivity index (χ3v) is 8.14. The first-order chi connectivity index (χ1) is 20.3. The van der Waals surface area contributed by atoms with E-state index in [4.69, 9.17) is 9.47 Å². The highest BCUT2D eigenvalue weighted by atomic mass is 16.5. The maximum Gasteiger partial charge on any atom is 0.247 e. The molecule has 1 heterocycles. The van der Waals surface area contributed by atoms with Gasteiger partial charge in [0.15, 0.2) is 11.5 Å². The Kier molecular flexibility index (Phi) is 11.0. The Balaban J connectivity index is 1.74. The van der Waals surface area contributed by atoms with Gasteiger partial charge in [0.25, 0.3) is 0 Å². The molecule has 2 aromatic rings. The Bertz CT molecular complexity index is 1260. The second-order valence-corrected chi connectivity index (χ2v) is 11.2. The Morgan fingerprint density at radius 3 is 2.45 bits per heavy atom. The number of aliphatic hydroxyl groups is 3. The van der Waals surface area contributed by atoms with Crippen LogP contribution in [-0.4, -0.2) is 70.5 Å². The van der Waals surface area contributed by atoms with Gasteiger partial charge in [0.05, 0.1) is 32.3 Å². The Morgan fingerprint density at radius 2 is 1.79 bits per heavy atom. The highest BCUT2D eigenvalue weighted by Crippen LogP contribution is 2.51. The summed E-state index contributed by atoms with van der Waals surface area (Å²) >= 11 is 0. The average molecular weight is 581 g/mol. The summed E-state index contributed by atoms with van der Waals surface area (Å²) in [6, 6.07) is 10.5. The molecule has 4 atom stereocenters. The fourth-order valence-corrected chi connectivity index (χ4v) is 5.89. The summed E-state index contributed by atoms with van der Waals surface area (Å²) in [6.07, 6.45) is 5.00. The quantitative estimate of drug-likeness (QED) is 0.252. The van der Waals surface area contributed by atoms with Gasteiger partial charge in [-0.2, -0.15) is 0 Å². The third-order valence-electron chi connectivity index (χ3n) is 8.14. The zero-order valence-electron chi connectivity index (χ0n) is 24.8. The molecule has 9 heteroatoms. The first kappa shape index (κ1) is 31.5. The molecule has 0 aromatic heterocycles. The minimum Gasteiger partial charge on any atom is -0.493 e. The second kappa shape index (κ2) is 14.7. The Labute approximate surface area is 248 Å². The molecule has 4 N–H and O–H groups in total. The number of methoxy groups -OCH3 is 1. The number of aliphatic hydroxyl groups excluding tert-OH is 3. The number of ether oxygens (including phenoxy) is 2. The van der Waals surface area contributed by atoms with Crippen molar-refractivity contribution in [2.24, 2.45) is 0 Å². The minimum atomic E-state index is -1.14. The first-order valence-electron chi connectivity index (χ1n) is 14.9. The van der Waals surface area contributed by atoms with Crippen LogP contribution in [0, 0.1) is 6.92 Å². The average Bonchev–Trinajstić information content (AvgIpc) is 3.39. The first-order valence-corrected chi connectivity index (χ1v) is 14.9. The van der Waals surface area contributed by atoms with Gasteiger partial charge in [0.2, 0.25) is 11.8 Å². The highest BCUT2D eigenvalue weighted by molar-refractivity contribution is 5.96. The van der Waals surface area contributed by atoms with Crippen LogP contribution in [0.3, 0.4) is 0 Å². The van der Waals surface area contributed by atoms with Gasteiger partial charge < -0.3 is 35.0 Å². The van der Waals surface area contributed by atoms with E-state index in [1.807, 2.05) is 31.2 Å². The summed E-state index contributed by atoms with van der Waals surface area (Å²) in [4.78, 5) is 29.0. The normalized spacial score (nSPS) is 20.7. The van der Waals surface area contributed by atoms with E-state index >= 15 is 0 Å². The van der Waals surface area contributed by atoms with Crippen molar-refractivity contribution in [2.75, 3.05) is 20.3 Å². The molecule has 2 aromatic carbocycles. The molecular weight excluding hydrogens is 536 g/mol. The van der Waals surface area contributed by atoms with Crippen LogP contribution in [-0.2, 0) is 22.7 Å². The standard InChI is InChI=1S/C33H44N2O7/c1-4-5-6-7-8-9-28(38)35(19-22-12-10-21(2)11-13-22)26-18-25(33(40)34-14-15-36)29-24-16-23(20-37)17-27(41-3)31(24)42-32(29)30(26)39/h10-13,16-18,26,29-30,32,36-37,39H,4-9,14-15,19-20H2,1-3H3,(H,34,40)/t26-,29+,30+,32+/m1/s1. The zero-order chi connectivity index (χ0) is 30.2. The monoisotopic (exact) mass is 580 g/mol. The van der Waals surface area contributed by atoms with Gasteiger partial charge in [-0.05, 0) is 42.7 Å². The Hall–Kier alpha value is -3.40. The van der Waals surface area contributed by atoms with E-state index in [2.05, 4.69) is 12.2 Å². The van der Waals surface area contributed by atoms with Crippen LogP contribution in [0.15, 0.2) is 48.0 Å². The molecule has 2 aliphatic rings. The molecule has 228 valence electrons. The van der Waals surface area contributed by atoms with Crippen LogP contribution in [0.2, 0.25) is 0 Å². The molecule has 0 bridgehead atoms. The molecule has 0 spiro atoms. The van der Waals surface area contributed by atoms with E-state index in [9.17, 15) is 24.9 Å². The summed E-state index contributed by atoms with van der Waals surface area (Å²) in [5, 5.41) is 33.8. The number of hydrogen-bond donors (Lipinski definition) is 4. The molecule has 0 unspecified atom stereocenters. The number of aryl methyl sites for hydroxylation is 1. The van der Waals surface area contributed by atoms with Crippen molar-refractivity contribution in [3.05, 3.63) is 70.3 Å². The highest BCUT2D eigenvalue weighted by Gasteiger charge is 2.51. The second-order valence-electron chi connectivity index (χ2n) is 11.2. The lowest BCUT2D eigenvalue weighted by Crippen LogP contribution is -2.55. The number of unbranched alkanes of at least 4 members (excludes halogenated alkanes) is 4. The molecule has 42 heavy (non-hydrogen) atoms. The molecule has 0 fully saturated rings. The number of carbonyl (C=O) groups is 2. The molecule has 2 amide bonds. The van der Waals surface area contributed by atoms with Crippen LogP contribution in [0.5, 0.6) is 11.5 Å². The fourth-order valence-electron chi connectivity index (χ4n) is 5.89. The number of nitrogens with one attached hydrogen (secondary N) is 1. The molecule has 9 nitrogen and oxygen atoms in total. The minimum absolute atomic E-state index is 0.0538. The van der Waals surface area contributed by atoms with Gasteiger partial charge in [0, 0.05) is 30.6 Å². The number of hydrogen-bond acceptors (Lipinski definition) is 7. The zero-order valence-corrected chi connectivity index (χ0v) is 24.8. The van der Waals surface area contributed by atoms with Gasteiger partial charge in [-0.15, -0.1) is 0 Å². The molecule has 0 radical (unpaired) electrons. The van der Waals surface area contributed by atoms with Gasteiger partial charge in [-0.3, -0.25) is 9.59 Å². The van der Waals surface area contributed by atoms with Crippen LogP contribution in [0.1, 0.15) is 73.6 Å². The number of carbonyl (C=O) groups excluding carboxylic acids is 2. The van der Waals surface area contributed by atoms with Crippen LogP contribution in [0.25, 0.3) is 0 Å². The molecule has 0 saturated heterocycles. The van der Waals surface area contributed by atoms with Gasteiger partial charge in [-0.25, -0.2) is 0 Å². The Morgan fingerprint density at radius 1 is 1.05 bits per heavy atom. The largest absolute Gasteiger partial charge is 0.493 e. The molecular formula is C33H44N2O7. The topological polar surface area (TPSA) is 129 Å². The summed E-state index contributed by atoms with van der Waals surface area (Å²) in [7, 11) is 1.49. The van der Waals surface area contributed by atoms with Crippen molar-refractivity contribution in [1.82, 2.24) is 10.2 Å². The molecule has 0 saturated carbocycles. The van der Waals surface area contributed by atoms with Crippen molar-refractivity contribution in [1.29, 1.82) is 0 Å². The maximum absolute atomic E-state index is 13.8. The molecule has 1 aliphatic heterocycles. The van der Waals surface area contributed by atoms with E-state index in [0.29, 0.717) is 34.6 Å². The van der Waals surface area contributed by atoms with Gasteiger partial charge in [0.1, 0.15) is 12.2 Å². The maximum atomic E-state index is 13.8. The van der Waals surface area contributed by atoms with Gasteiger partial charge in [-0.1, -0.05) is 62.4 Å². The number of nitrogens with zero attached hydrogens (tertiary/aromatic N) is 1. The van der Waals surface area contributed by atoms with Crippen molar-refractivity contribution >= 4 is 11.8 Å². The van der Waals surface area contributed by atoms with Crippen molar-refractivity contribution in [3.8, 4) is 11.5 Å². The summed E-state index contributed by atoms with van der Waals surface area (Å²) in [6.45, 7) is 4.00. The SMILES string of the molecule is CCCCCCCC(=O)N(Cc1ccc(C)cc1)[C@@H]1C=C(C(=O)NCCO)[C@@H]2c3cc(CO)cc(OC)c3O[C@@H]2[C@H]1O. The van der Waals surface area contributed by atoms with E-state index in [1.54, 1.807) is 23.1 Å². The smallest absolute Gasteiger partial charge is 0.247 e. The predicted molar refractivity (Wildman–Crippen MR) is 159 cm³/mol. The van der Waals surface area contributed by atoms with E-state index in [-0.39, 0.29) is 32.2 Å². The van der Waals surface area contributed by atoms with E-state index < -0.39 is 30.1 Å². The number of amides is 2. The lowest BCUT2D eigenvalue weighted by atomic mass is 9.77. The fraction of sp³-hybridized carbons (Fsp3) is 0.515. The molecule has 1 aliphatic carbocycles. The lowest BCUT2D eigenvalue weighted by Gasteiger charge is -2.41. The van der Waals surface area contributed by atoms with Crippen LogP contribution in [0.4, 0.5) is 0 Å². The number of fused-ring (bicyclic) bond motifs is 3. The number of benzene rings is 2. The summed E-state index contributed by atoms with van der Waals surface area (Å²) < 4.78 is 11.9. The van der Waals surface area contributed by atoms with Crippen LogP contribution >= 0.6 is 0 Å². The summed E-state index contributed by atoms with van der Waals surface area (Å²) in [5.74, 6) is -0.377. The van der Waals surface area contributed by atoms with E-state index in [1.165, 1.54) is 7.11 Å². The number of rotatable bonds is 14. The van der Waals surface area contributed by atoms with Crippen molar-refractivity contribution < 1.29 is 34.4 Å². The van der Waals surface area contributed by atoms with Crippen molar-refractivity contribution in [3.63, 3.8) is 0 Å². The van der Waals surface area contributed by atoms with E-state index in [0.717, 1.165) is 43.2 Å². The van der Waals surface area contributed by atoms with Gasteiger partial charge >= 0.3 is 0 Å². The molecule has 4 rings (SSSR count). The summed E-state index contributed by atoms with van der Waals surface area (Å²) in [5.41, 5.74) is 3.56. The lowest BCUT2D eigenvalue weighted by molar-refractivity contribution is -0.138. The third kappa shape index (κ3) is 6.97. The van der Waals surface area contributed by atoms with Crippen LogP contribution < -0.4 is 14.8 Å². The predicted octanol–water partition coefficient (Wildman–Crippen LogP) is 3.51.